The van der Waals surface area contributed by atoms with E-state index in [0.717, 1.165) is 19.3 Å². The van der Waals surface area contributed by atoms with Crippen LogP contribution in [0.1, 0.15) is 71.1 Å². The van der Waals surface area contributed by atoms with Crippen LogP contribution >= 0.6 is 0 Å². The van der Waals surface area contributed by atoms with Crippen molar-refractivity contribution in [3.8, 4) is 0 Å². The highest BCUT2D eigenvalue weighted by molar-refractivity contribution is 7.81. The van der Waals surface area contributed by atoms with E-state index >= 15 is 0 Å². The quantitative estimate of drug-likeness (QED) is 0.381. The van der Waals surface area contributed by atoms with Crippen molar-refractivity contribution >= 4 is 10.4 Å². The third-order valence-electron chi connectivity index (χ3n) is 3.42. The minimum absolute atomic E-state index is 0.0952. The van der Waals surface area contributed by atoms with Gasteiger partial charge in [0.1, 0.15) is 0 Å². The van der Waals surface area contributed by atoms with Crippen LogP contribution < -0.4 is 0 Å². The van der Waals surface area contributed by atoms with Crippen molar-refractivity contribution in [3.63, 3.8) is 0 Å². The summed E-state index contributed by atoms with van der Waals surface area (Å²) < 4.78 is 37.0. The SMILES string of the molecule is CCCCCCCCCCCCOS(=O)(=O)OCCOCCO. The number of aliphatic hydroxyl groups excluding tert-OH is 1. The van der Waals surface area contributed by atoms with Gasteiger partial charge in [-0.15, -0.1) is 0 Å². The van der Waals surface area contributed by atoms with Crippen LogP contribution in [0.3, 0.4) is 0 Å². The van der Waals surface area contributed by atoms with Crippen molar-refractivity contribution in [2.75, 3.05) is 33.0 Å². The van der Waals surface area contributed by atoms with Crippen LogP contribution in [0.25, 0.3) is 0 Å². The molecule has 0 aliphatic rings. The molecule has 0 radical (unpaired) electrons. The molecular formula is C16H34O6S. The molecule has 0 spiro atoms. The molecule has 1 N–H and O–H groups in total. The molecule has 0 heterocycles. The van der Waals surface area contributed by atoms with Gasteiger partial charge in [0.25, 0.3) is 0 Å². The molecule has 0 saturated heterocycles. The first-order chi connectivity index (χ1) is 11.1. The first kappa shape index (κ1) is 22.8. The number of rotatable bonds is 18. The van der Waals surface area contributed by atoms with E-state index in [-0.39, 0.29) is 33.0 Å². The van der Waals surface area contributed by atoms with E-state index < -0.39 is 10.4 Å². The minimum Gasteiger partial charge on any atom is -0.394 e. The Morgan fingerprint density at radius 2 is 1.22 bits per heavy atom. The Hall–Kier alpha value is -0.210. The molecule has 0 amide bonds. The zero-order chi connectivity index (χ0) is 17.2. The van der Waals surface area contributed by atoms with Gasteiger partial charge < -0.3 is 9.84 Å². The first-order valence-corrected chi connectivity index (χ1v) is 10.2. The first-order valence-electron chi connectivity index (χ1n) is 8.84. The predicted octanol–water partition coefficient (Wildman–Crippen LogP) is 3.19. The summed E-state index contributed by atoms with van der Waals surface area (Å²) in [6, 6.07) is 0. The van der Waals surface area contributed by atoms with Crippen LogP contribution in [-0.4, -0.2) is 46.6 Å². The van der Waals surface area contributed by atoms with Gasteiger partial charge in [-0.2, -0.15) is 8.42 Å². The maximum atomic E-state index is 11.4. The van der Waals surface area contributed by atoms with Crippen molar-refractivity contribution in [3.05, 3.63) is 0 Å². The van der Waals surface area contributed by atoms with E-state index in [1.807, 2.05) is 0 Å². The average Bonchev–Trinajstić information content (AvgIpc) is 2.52. The maximum absolute atomic E-state index is 11.4. The summed E-state index contributed by atoms with van der Waals surface area (Å²) in [4.78, 5) is 0. The summed E-state index contributed by atoms with van der Waals surface area (Å²) in [6.45, 7) is 2.47. The molecule has 0 aromatic carbocycles. The average molecular weight is 355 g/mol. The molecule has 0 unspecified atom stereocenters. The van der Waals surface area contributed by atoms with Crippen molar-refractivity contribution in [1.29, 1.82) is 0 Å². The molecule has 0 aromatic rings. The Labute approximate surface area is 141 Å². The van der Waals surface area contributed by atoms with Gasteiger partial charge in [-0.1, -0.05) is 64.7 Å². The topological polar surface area (TPSA) is 82.1 Å². The normalized spacial score (nSPS) is 11.9. The summed E-state index contributed by atoms with van der Waals surface area (Å²) >= 11 is 0. The van der Waals surface area contributed by atoms with E-state index in [9.17, 15) is 8.42 Å². The summed E-state index contributed by atoms with van der Waals surface area (Å²) in [5, 5.41) is 8.49. The summed E-state index contributed by atoms with van der Waals surface area (Å²) in [5.41, 5.74) is 0. The number of aliphatic hydroxyl groups is 1. The summed E-state index contributed by atoms with van der Waals surface area (Å²) in [6.07, 6.45) is 11.9. The van der Waals surface area contributed by atoms with Gasteiger partial charge in [0, 0.05) is 0 Å². The number of ether oxygens (including phenoxy) is 1. The lowest BCUT2D eigenvalue weighted by Crippen LogP contribution is -2.15. The van der Waals surface area contributed by atoms with E-state index in [0.29, 0.717) is 0 Å². The van der Waals surface area contributed by atoms with Gasteiger partial charge in [-0.3, -0.25) is 0 Å². The molecule has 7 heteroatoms. The fraction of sp³-hybridized carbons (Fsp3) is 1.00. The Morgan fingerprint density at radius 3 is 1.78 bits per heavy atom. The zero-order valence-electron chi connectivity index (χ0n) is 14.5. The predicted molar refractivity (Wildman–Crippen MR) is 90.6 cm³/mol. The highest BCUT2D eigenvalue weighted by atomic mass is 32.3. The molecule has 0 aromatic heterocycles. The van der Waals surface area contributed by atoms with Crippen molar-refractivity contribution in [1.82, 2.24) is 0 Å². The summed E-state index contributed by atoms with van der Waals surface area (Å²) in [5.74, 6) is 0. The molecule has 140 valence electrons. The second kappa shape index (κ2) is 16.6. The molecule has 23 heavy (non-hydrogen) atoms. The van der Waals surface area contributed by atoms with Gasteiger partial charge >= 0.3 is 10.4 Å². The van der Waals surface area contributed by atoms with Crippen LogP contribution in [-0.2, 0) is 23.5 Å². The number of unbranched alkanes of at least 4 members (excludes halogenated alkanes) is 9. The third-order valence-corrected chi connectivity index (χ3v) is 4.33. The molecule has 0 bridgehead atoms. The monoisotopic (exact) mass is 354 g/mol. The standard InChI is InChI=1S/C16H34O6S/c1-2-3-4-5-6-7-8-9-10-11-13-21-23(18,19)22-16-15-20-14-12-17/h17H,2-16H2,1H3. The molecule has 0 aliphatic carbocycles. The Balaban J connectivity index is 3.32. The lowest BCUT2D eigenvalue weighted by Gasteiger charge is -2.06. The smallest absolute Gasteiger partial charge is 0.394 e. The van der Waals surface area contributed by atoms with E-state index in [4.69, 9.17) is 14.0 Å². The van der Waals surface area contributed by atoms with Gasteiger partial charge in [-0.05, 0) is 6.42 Å². The number of hydrogen-bond donors (Lipinski definition) is 1. The maximum Gasteiger partial charge on any atom is 0.399 e. The molecule has 0 rings (SSSR count). The van der Waals surface area contributed by atoms with Crippen LogP contribution in [0.2, 0.25) is 0 Å². The Kier molecular flexibility index (Phi) is 16.5. The van der Waals surface area contributed by atoms with E-state index in [2.05, 4.69) is 11.1 Å². The zero-order valence-corrected chi connectivity index (χ0v) is 15.3. The Bertz CT molecular complexity index is 331. The molecule has 0 fully saturated rings. The number of hydrogen-bond acceptors (Lipinski definition) is 6. The van der Waals surface area contributed by atoms with Crippen molar-refractivity contribution < 1.29 is 26.6 Å². The lowest BCUT2D eigenvalue weighted by atomic mass is 10.1. The molecule has 0 saturated carbocycles. The van der Waals surface area contributed by atoms with Crippen LogP contribution in [0.5, 0.6) is 0 Å². The van der Waals surface area contributed by atoms with Crippen LogP contribution in [0, 0.1) is 0 Å². The molecule has 0 atom stereocenters. The van der Waals surface area contributed by atoms with Crippen molar-refractivity contribution in [2.24, 2.45) is 0 Å². The second-order valence-corrected chi connectivity index (χ2v) is 6.86. The van der Waals surface area contributed by atoms with Crippen LogP contribution in [0.15, 0.2) is 0 Å². The fourth-order valence-electron chi connectivity index (χ4n) is 2.15. The largest absolute Gasteiger partial charge is 0.399 e. The second-order valence-electron chi connectivity index (χ2n) is 5.57. The van der Waals surface area contributed by atoms with E-state index in [1.54, 1.807) is 0 Å². The molecule has 0 aliphatic heterocycles. The highest BCUT2D eigenvalue weighted by Gasteiger charge is 2.11. The van der Waals surface area contributed by atoms with Gasteiger partial charge in [0.05, 0.1) is 33.0 Å². The van der Waals surface area contributed by atoms with Crippen LogP contribution in [0.4, 0.5) is 0 Å². The van der Waals surface area contributed by atoms with Crippen molar-refractivity contribution in [2.45, 2.75) is 71.1 Å². The van der Waals surface area contributed by atoms with Gasteiger partial charge in [0.15, 0.2) is 0 Å². The third kappa shape index (κ3) is 18.0. The molecule has 6 nitrogen and oxygen atoms in total. The highest BCUT2D eigenvalue weighted by Crippen LogP contribution is 2.10. The van der Waals surface area contributed by atoms with E-state index in [1.165, 1.54) is 44.9 Å². The summed E-state index contributed by atoms with van der Waals surface area (Å²) in [7, 11) is -3.92. The van der Waals surface area contributed by atoms with Gasteiger partial charge in [0.2, 0.25) is 0 Å². The Morgan fingerprint density at radius 1 is 0.696 bits per heavy atom. The fourth-order valence-corrected chi connectivity index (χ4v) is 2.81. The lowest BCUT2D eigenvalue weighted by molar-refractivity contribution is 0.0668. The van der Waals surface area contributed by atoms with Gasteiger partial charge in [-0.25, -0.2) is 8.37 Å². The molecular weight excluding hydrogens is 320 g/mol. The minimum atomic E-state index is -3.92.